The number of benzene rings is 1. The Hall–Kier alpha value is -2.39. The van der Waals surface area contributed by atoms with E-state index >= 15 is 0 Å². The molecule has 27 heavy (non-hydrogen) atoms. The average Bonchev–Trinajstić information content (AvgIpc) is 2.94. The van der Waals surface area contributed by atoms with Crippen LogP contribution in [0.25, 0.3) is 0 Å². The summed E-state index contributed by atoms with van der Waals surface area (Å²) in [7, 11) is 0. The molecule has 144 valence electrons. The smallest absolute Gasteiger partial charge is 0.227 e. The third kappa shape index (κ3) is 4.48. The molecule has 6 heteroatoms. The SMILES string of the molecule is CC1(C)CC(NC(=O)C2CC(=O)N(c3ccc(C#N)cc3)C2)CC(C)(C)N1. The molecule has 0 aromatic heterocycles. The second-order valence-corrected chi connectivity index (χ2v) is 9.07. The van der Waals surface area contributed by atoms with Crippen molar-refractivity contribution in [2.75, 3.05) is 11.4 Å². The van der Waals surface area contributed by atoms with E-state index in [-0.39, 0.29) is 41.3 Å². The minimum absolute atomic E-state index is 0.0419. The number of carbonyl (C=O) groups excluding carboxylic acids is 2. The fraction of sp³-hybridized carbons (Fsp3) is 0.571. The Morgan fingerprint density at radius 2 is 1.78 bits per heavy atom. The van der Waals surface area contributed by atoms with E-state index in [1.54, 1.807) is 29.2 Å². The van der Waals surface area contributed by atoms with Crippen LogP contribution in [0.4, 0.5) is 5.69 Å². The van der Waals surface area contributed by atoms with Gasteiger partial charge in [-0.15, -0.1) is 0 Å². The summed E-state index contributed by atoms with van der Waals surface area (Å²) in [5.74, 6) is -0.432. The lowest BCUT2D eigenvalue weighted by atomic mass is 9.79. The first-order valence-electron chi connectivity index (χ1n) is 9.49. The van der Waals surface area contributed by atoms with Crippen LogP contribution < -0.4 is 15.5 Å². The Labute approximate surface area is 160 Å². The molecule has 2 aliphatic heterocycles. The number of amides is 2. The number of carbonyl (C=O) groups is 2. The number of hydrogen-bond donors (Lipinski definition) is 2. The van der Waals surface area contributed by atoms with Gasteiger partial charge < -0.3 is 15.5 Å². The summed E-state index contributed by atoms with van der Waals surface area (Å²) >= 11 is 0. The van der Waals surface area contributed by atoms with Crippen molar-refractivity contribution in [2.45, 2.75) is 64.1 Å². The second kappa shape index (κ2) is 6.97. The molecule has 3 rings (SSSR count). The van der Waals surface area contributed by atoms with Gasteiger partial charge in [0.2, 0.25) is 11.8 Å². The van der Waals surface area contributed by atoms with Gasteiger partial charge in [-0.2, -0.15) is 5.26 Å². The van der Waals surface area contributed by atoms with E-state index in [2.05, 4.69) is 44.4 Å². The largest absolute Gasteiger partial charge is 0.353 e. The molecule has 6 nitrogen and oxygen atoms in total. The van der Waals surface area contributed by atoms with Crippen LogP contribution in [-0.2, 0) is 9.59 Å². The number of nitrogens with zero attached hydrogens (tertiary/aromatic N) is 2. The topological polar surface area (TPSA) is 85.2 Å². The fourth-order valence-corrected chi connectivity index (χ4v) is 4.59. The first-order valence-corrected chi connectivity index (χ1v) is 9.49. The van der Waals surface area contributed by atoms with E-state index in [0.717, 1.165) is 18.5 Å². The van der Waals surface area contributed by atoms with Crippen molar-refractivity contribution in [2.24, 2.45) is 5.92 Å². The van der Waals surface area contributed by atoms with E-state index in [0.29, 0.717) is 12.1 Å². The Bertz CT molecular complexity index is 760. The molecule has 0 spiro atoms. The van der Waals surface area contributed by atoms with Gasteiger partial charge in [-0.3, -0.25) is 9.59 Å². The summed E-state index contributed by atoms with van der Waals surface area (Å²) in [6, 6.07) is 9.07. The van der Waals surface area contributed by atoms with Gasteiger partial charge in [0.05, 0.1) is 17.6 Å². The highest BCUT2D eigenvalue weighted by Crippen LogP contribution is 2.30. The lowest BCUT2D eigenvalue weighted by Gasteiger charge is -2.46. The third-order valence-electron chi connectivity index (χ3n) is 5.34. The maximum atomic E-state index is 12.8. The molecule has 0 saturated carbocycles. The van der Waals surface area contributed by atoms with Crippen molar-refractivity contribution < 1.29 is 9.59 Å². The Balaban J connectivity index is 1.64. The van der Waals surface area contributed by atoms with Crippen LogP contribution in [0.2, 0.25) is 0 Å². The highest BCUT2D eigenvalue weighted by molar-refractivity contribution is 6.00. The van der Waals surface area contributed by atoms with Crippen LogP contribution in [0.1, 0.15) is 52.5 Å². The number of nitriles is 1. The van der Waals surface area contributed by atoms with Crippen LogP contribution in [0.5, 0.6) is 0 Å². The molecule has 1 aromatic carbocycles. The van der Waals surface area contributed by atoms with Crippen LogP contribution in [0, 0.1) is 17.2 Å². The van der Waals surface area contributed by atoms with E-state index < -0.39 is 0 Å². The number of nitrogens with one attached hydrogen (secondary N) is 2. The zero-order valence-electron chi connectivity index (χ0n) is 16.5. The molecule has 1 aromatic rings. The number of hydrogen-bond acceptors (Lipinski definition) is 4. The summed E-state index contributed by atoms with van der Waals surface area (Å²) in [5.41, 5.74) is 1.20. The molecule has 0 bridgehead atoms. The van der Waals surface area contributed by atoms with E-state index in [9.17, 15) is 9.59 Å². The van der Waals surface area contributed by atoms with Crippen molar-refractivity contribution in [3.8, 4) is 6.07 Å². The molecular weight excluding hydrogens is 340 g/mol. The quantitative estimate of drug-likeness (QED) is 0.857. The predicted molar refractivity (Wildman–Crippen MR) is 104 cm³/mol. The van der Waals surface area contributed by atoms with Gasteiger partial charge in [0, 0.05) is 35.8 Å². The third-order valence-corrected chi connectivity index (χ3v) is 5.34. The molecule has 2 aliphatic rings. The van der Waals surface area contributed by atoms with Crippen LogP contribution in [0.15, 0.2) is 24.3 Å². The summed E-state index contributed by atoms with van der Waals surface area (Å²) in [6.07, 6.45) is 1.95. The predicted octanol–water partition coefficient (Wildman–Crippen LogP) is 2.34. The van der Waals surface area contributed by atoms with Crippen molar-refractivity contribution in [3.63, 3.8) is 0 Å². The van der Waals surface area contributed by atoms with Gasteiger partial charge in [0.1, 0.15) is 0 Å². The van der Waals surface area contributed by atoms with E-state index in [4.69, 9.17) is 5.26 Å². The molecule has 1 atom stereocenters. The summed E-state index contributed by atoms with van der Waals surface area (Å²) in [6.45, 7) is 8.99. The zero-order valence-corrected chi connectivity index (χ0v) is 16.5. The standard InChI is InChI=1S/C21H28N4O2/c1-20(2)10-16(11-21(3,4)24-20)23-19(27)15-9-18(26)25(13-15)17-7-5-14(12-22)6-8-17/h5-8,15-16,24H,9-11,13H2,1-4H3,(H,23,27). The number of rotatable bonds is 3. The van der Waals surface area contributed by atoms with Gasteiger partial charge in [-0.25, -0.2) is 0 Å². The lowest BCUT2D eigenvalue weighted by molar-refractivity contribution is -0.127. The molecular formula is C21H28N4O2. The first kappa shape index (κ1) is 19.4. The lowest BCUT2D eigenvalue weighted by Crippen LogP contribution is -2.62. The minimum atomic E-state index is -0.339. The van der Waals surface area contributed by atoms with E-state index in [1.807, 2.05) is 0 Å². The molecule has 1 unspecified atom stereocenters. The molecule has 2 fully saturated rings. The fourth-order valence-electron chi connectivity index (χ4n) is 4.59. The summed E-state index contributed by atoms with van der Waals surface area (Å²) in [4.78, 5) is 26.9. The number of anilines is 1. The van der Waals surface area contributed by atoms with Crippen LogP contribution >= 0.6 is 0 Å². The monoisotopic (exact) mass is 368 g/mol. The first-order chi connectivity index (χ1) is 12.6. The molecule has 2 saturated heterocycles. The second-order valence-electron chi connectivity index (χ2n) is 9.07. The van der Waals surface area contributed by atoms with Crippen molar-refractivity contribution >= 4 is 17.5 Å². The Morgan fingerprint density at radius 3 is 2.33 bits per heavy atom. The van der Waals surface area contributed by atoms with Crippen molar-refractivity contribution in [1.82, 2.24) is 10.6 Å². The van der Waals surface area contributed by atoms with Gasteiger partial charge >= 0.3 is 0 Å². The molecule has 0 aliphatic carbocycles. The average molecular weight is 368 g/mol. The molecule has 2 heterocycles. The normalized spacial score (nSPS) is 24.5. The van der Waals surface area contributed by atoms with Gasteiger partial charge in [-0.05, 0) is 64.8 Å². The van der Waals surface area contributed by atoms with Gasteiger partial charge in [-0.1, -0.05) is 0 Å². The summed E-state index contributed by atoms with van der Waals surface area (Å²) in [5, 5.41) is 15.7. The molecule has 2 N–H and O–H groups in total. The van der Waals surface area contributed by atoms with Crippen LogP contribution in [0.3, 0.4) is 0 Å². The van der Waals surface area contributed by atoms with Gasteiger partial charge in [0.25, 0.3) is 0 Å². The maximum absolute atomic E-state index is 12.8. The highest BCUT2D eigenvalue weighted by Gasteiger charge is 2.40. The number of piperidine rings is 1. The van der Waals surface area contributed by atoms with Crippen molar-refractivity contribution in [3.05, 3.63) is 29.8 Å². The van der Waals surface area contributed by atoms with Gasteiger partial charge in [0.15, 0.2) is 0 Å². The summed E-state index contributed by atoms with van der Waals surface area (Å²) < 4.78 is 0. The Kier molecular flexibility index (Phi) is 5.00. The highest BCUT2D eigenvalue weighted by atomic mass is 16.2. The Morgan fingerprint density at radius 1 is 1.19 bits per heavy atom. The van der Waals surface area contributed by atoms with Crippen molar-refractivity contribution in [1.29, 1.82) is 5.26 Å². The minimum Gasteiger partial charge on any atom is -0.353 e. The molecule has 0 radical (unpaired) electrons. The van der Waals surface area contributed by atoms with E-state index in [1.165, 1.54) is 0 Å². The zero-order chi connectivity index (χ0) is 19.8. The van der Waals surface area contributed by atoms with Crippen LogP contribution in [-0.4, -0.2) is 35.5 Å². The maximum Gasteiger partial charge on any atom is 0.227 e. The molecule has 2 amide bonds.